The molecule has 0 heterocycles. The maximum atomic E-state index is 12.4. The van der Waals surface area contributed by atoms with E-state index in [-0.39, 0.29) is 19.0 Å². The summed E-state index contributed by atoms with van der Waals surface area (Å²) >= 11 is 0. The van der Waals surface area contributed by atoms with Crippen LogP contribution in [0.25, 0.3) is 0 Å². The molecule has 0 N–H and O–H groups in total. The summed E-state index contributed by atoms with van der Waals surface area (Å²) in [5, 5.41) is 0. The topological polar surface area (TPSA) is 46.6 Å². The van der Waals surface area contributed by atoms with E-state index in [2.05, 4.69) is 4.74 Å². The molecule has 0 aromatic heterocycles. The van der Waals surface area contributed by atoms with Gasteiger partial charge in [-0.15, -0.1) is 0 Å². The van der Waals surface area contributed by atoms with Crippen LogP contribution < -0.4 is 0 Å². The second-order valence-electron chi connectivity index (χ2n) is 4.53. The number of nitrogens with zero attached hydrogens (tertiary/aromatic N) is 1. The van der Waals surface area contributed by atoms with Gasteiger partial charge in [0, 0.05) is 13.1 Å². The van der Waals surface area contributed by atoms with Gasteiger partial charge >= 0.3 is 18.1 Å². The number of methoxy groups -OCH3 is 1. The van der Waals surface area contributed by atoms with Crippen LogP contribution in [0.4, 0.5) is 13.2 Å². The van der Waals surface area contributed by atoms with Crippen LogP contribution in [-0.2, 0) is 14.3 Å². The van der Waals surface area contributed by atoms with E-state index in [4.69, 9.17) is 0 Å². The maximum Gasteiger partial charge on any atom is 0.471 e. The molecule has 0 aliphatic rings. The lowest BCUT2D eigenvalue weighted by atomic mass is 10.1. The zero-order valence-corrected chi connectivity index (χ0v) is 10.9. The highest BCUT2D eigenvalue weighted by atomic mass is 19.4. The van der Waals surface area contributed by atoms with Crippen LogP contribution in [0.2, 0.25) is 0 Å². The number of amides is 1. The van der Waals surface area contributed by atoms with Gasteiger partial charge in [-0.25, -0.2) is 0 Å². The van der Waals surface area contributed by atoms with Crippen molar-refractivity contribution in [3.63, 3.8) is 0 Å². The summed E-state index contributed by atoms with van der Waals surface area (Å²) < 4.78 is 41.6. The van der Waals surface area contributed by atoms with Crippen LogP contribution in [0.5, 0.6) is 0 Å². The lowest BCUT2D eigenvalue weighted by Crippen LogP contribution is -2.46. The Morgan fingerprint density at radius 2 is 1.67 bits per heavy atom. The summed E-state index contributed by atoms with van der Waals surface area (Å²) in [7, 11) is 1.15. The minimum Gasteiger partial charge on any atom is -0.469 e. The van der Waals surface area contributed by atoms with Crippen molar-refractivity contribution in [3.05, 3.63) is 0 Å². The molecule has 4 nitrogen and oxygen atoms in total. The lowest BCUT2D eigenvalue weighted by molar-refractivity contribution is -0.187. The standard InChI is InChI=1S/C11H18F3NO3/c1-7(2)5-15(10(17)11(12,13)14)6-8(3)9(16)18-4/h7-8H,5-6H2,1-4H3. The summed E-state index contributed by atoms with van der Waals surface area (Å²) in [6.45, 7) is 4.45. The number of carbonyl (C=O) groups is 2. The van der Waals surface area contributed by atoms with Crippen LogP contribution >= 0.6 is 0 Å². The largest absolute Gasteiger partial charge is 0.471 e. The van der Waals surface area contributed by atoms with Crippen molar-refractivity contribution >= 4 is 11.9 Å². The van der Waals surface area contributed by atoms with E-state index in [1.807, 2.05) is 0 Å². The number of carbonyl (C=O) groups excluding carboxylic acids is 2. The number of halogens is 3. The molecule has 1 unspecified atom stereocenters. The Morgan fingerprint density at radius 3 is 2.00 bits per heavy atom. The average molecular weight is 269 g/mol. The van der Waals surface area contributed by atoms with Crippen molar-refractivity contribution in [2.75, 3.05) is 20.2 Å². The number of ether oxygens (including phenoxy) is 1. The van der Waals surface area contributed by atoms with Crippen LogP contribution in [0.3, 0.4) is 0 Å². The van der Waals surface area contributed by atoms with E-state index in [1.54, 1.807) is 13.8 Å². The Bertz CT molecular complexity index is 302. The number of hydrogen-bond donors (Lipinski definition) is 0. The predicted octanol–water partition coefficient (Wildman–Crippen LogP) is 1.84. The summed E-state index contributed by atoms with van der Waals surface area (Å²) in [5.74, 6) is -3.48. The highest BCUT2D eigenvalue weighted by Crippen LogP contribution is 2.20. The molecule has 0 radical (unpaired) electrons. The van der Waals surface area contributed by atoms with Gasteiger partial charge < -0.3 is 9.64 Å². The Labute approximate surface area is 104 Å². The van der Waals surface area contributed by atoms with E-state index in [1.165, 1.54) is 6.92 Å². The summed E-state index contributed by atoms with van der Waals surface area (Å²) in [6.07, 6.45) is -4.93. The zero-order chi connectivity index (χ0) is 14.5. The van der Waals surface area contributed by atoms with Crippen molar-refractivity contribution < 1.29 is 27.5 Å². The molecular formula is C11H18F3NO3. The molecule has 0 spiro atoms. The van der Waals surface area contributed by atoms with Gasteiger partial charge in [0.1, 0.15) is 0 Å². The minimum atomic E-state index is -4.93. The highest BCUT2D eigenvalue weighted by molar-refractivity contribution is 5.82. The molecule has 0 saturated carbocycles. The van der Waals surface area contributed by atoms with Crippen molar-refractivity contribution in [1.29, 1.82) is 0 Å². The number of rotatable bonds is 5. The SMILES string of the molecule is COC(=O)C(C)CN(CC(C)C)C(=O)C(F)(F)F. The molecule has 18 heavy (non-hydrogen) atoms. The van der Waals surface area contributed by atoms with Crippen molar-refractivity contribution in [2.45, 2.75) is 26.9 Å². The lowest BCUT2D eigenvalue weighted by Gasteiger charge is -2.27. The Morgan fingerprint density at radius 1 is 1.17 bits per heavy atom. The maximum absolute atomic E-state index is 12.4. The summed E-state index contributed by atoms with van der Waals surface area (Å²) in [4.78, 5) is 23.0. The minimum absolute atomic E-state index is 0.0559. The molecule has 1 amide bonds. The van der Waals surface area contributed by atoms with Gasteiger partial charge in [-0.1, -0.05) is 20.8 Å². The summed E-state index contributed by atoms with van der Waals surface area (Å²) in [6, 6.07) is 0. The van der Waals surface area contributed by atoms with E-state index >= 15 is 0 Å². The van der Waals surface area contributed by atoms with Gasteiger partial charge in [-0.2, -0.15) is 13.2 Å². The molecule has 1 atom stereocenters. The monoisotopic (exact) mass is 269 g/mol. The number of alkyl halides is 3. The molecule has 7 heteroatoms. The van der Waals surface area contributed by atoms with Crippen LogP contribution in [0.15, 0.2) is 0 Å². The van der Waals surface area contributed by atoms with Crippen LogP contribution in [0.1, 0.15) is 20.8 Å². The Balaban J connectivity index is 4.80. The Kier molecular flexibility index (Phi) is 6.14. The molecule has 0 bridgehead atoms. The van der Waals surface area contributed by atoms with E-state index in [0.717, 1.165) is 7.11 Å². The Hall–Kier alpha value is -1.27. The zero-order valence-electron chi connectivity index (χ0n) is 10.9. The van der Waals surface area contributed by atoms with Crippen LogP contribution in [0, 0.1) is 11.8 Å². The molecule has 0 rings (SSSR count). The highest BCUT2D eigenvalue weighted by Gasteiger charge is 2.43. The fraction of sp³-hybridized carbons (Fsp3) is 0.818. The van der Waals surface area contributed by atoms with Gasteiger partial charge in [0.15, 0.2) is 0 Å². The molecule has 0 aliphatic heterocycles. The first-order valence-corrected chi connectivity index (χ1v) is 5.53. The fourth-order valence-electron chi connectivity index (χ4n) is 1.47. The fourth-order valence-corrected chi connectivity index (χ4v) is 1.47. The molecule has 0 fully saturated rings. The molecular weight excluding hydrogens is 251 g/mol. The van der Waals surface area contributed by atoms with Gasteiger partial charge in [-0.05, 0) is 5.92 Å². The van der Waals surface area contributed by atoms with Gasteiger partial charge in [-0.3, -0.25) is 9.59 Å². The molecule has 0 aromatic carbocycles. The second-order valence-corrected chi connectivity index (χ2v) is 4.53. The molecule has 0 aliphatic carbocycles. The third kappa shape index (κ3) is 5.37. The molecule has 0 aromatic rings. The first-order valence-electron chi connectivity index (χ1n) is 5.53. The van der Waals surface area contributed by atoms with Crippen molar-refractivity contribution in [2.24, 2.45) is 11.8 Å². The van der Waals surface area contributed by atoms with Crippen molar-refractivity contribution in [3.8, 4) is 0 Å². The smallest absolute Gasteiger partial charge is 0.469 e. The van der Waals surface area contributed by atoms with Crippen LogP contribution in [-0.4, -0.2) is 43.2 Å². The van der Waals surface area contributed by atoms with Gasteiger partial charge in [0.25, 0.3) is 0 Å². The quantitative estimate of drug-likeness (QED) is 0.715. The summed E-state index contributed by atoms with van der Waals surface area (Å²) in [5.41, 5.74) is 0. The van der Waals surface area contributed by atoms with E-state index in [9.17, 15) is 22.8 Å². The van der Waals surface area contributed by atoms with Gasteiger partial charge in [0.05, 0.1) is 13.0 Å². The third-order valence-corrected chi connectivity index (χ3v) is 2.21. The molecule has 0 saturated heterocycles. The predicted molar refractivity (Wildman–Crippen MR) is 58.7 cm³/mol. The van der Waals surface area contributed by atoms with Crippen molar-refractivity contribution in [1.82, 2.24) is 4.90 Å². The third-order valence-electron chi connectivity index (χ3n) is 2.21. The first-order chi connectivity index (χ1) is 8.09. The average Bonchev–Trinajstić information content (AvgIpc) is 2.23. The second kappa shape index (κ2) is 6.61. The number of esters is 1. The van der Waals surface area contributed by atoms with Gasteiger partial charge in [0.2, 0.25) is 0 Å². The van der Waals surface area contributed by atoms with E-state index in [0.29, 0.717) is 4.90 Å². The number of hydrogen-bond acceptors (Lipinski definition) is 3. The normalized spacial score (nSPS) is 13.3. The molecule has 106 valence electrons. The van der Waals surface area contributed by atoms with E-state index < -0.39 is 24.0 Å². The first kappa shape index (κ1) is 16.7.